The van der Waals surface area contributed by atoms with Gasteiger partial charge in [0, 0.05) is 6.42 Å². The number of fused-ring (bicyclic) bond motifs is 1. The molecule has 0 fully saturated rings. The van der Waals surface area contributed by atoms with E-state index in [1.165, 1.54) is 25.7 Å². The number of rotatable bonds is 9. The zero-order chi connectivity index (χ0) is 14.9. The minimum absolute atomic E-state index is 0.0880. The second-order valence-corrected chi connectivity index (χ2v) is 5.35. The van der Waals surface area contributed by atoms with Crippen LogP contribution in [-0.2, 0) is 11.5 Å². The van der Waals surface area contributed by atoms with Gasteiger partial charge in [-0.25, -0.2) is 4.68 Å². The third-order valence-corrected chi connectivity index (χ3v) is 3.60. The molecule has 0 spiro atoms. The highest BCUT2D eigenvalue weighted by Gasteiger charge is 2.05. The molecule has 1 N–H and O–H groups in total. The molecule has 114 valence electrons. The summed E-state index contributed by atoms with van der Waals surface area (Å²) in [5.74, 6) is 0.0880. The maximum atomic E-state index is 11.8. The van der Waals surface area contributed by atoms with Gasteiger partial charge in [0.25, 0.3) is 0 Å². The van der Waals surface area contributed by atoms with Crippen LogP contribution in [0.1, 0.15) is 51.9 Å². The second-order valence-electron chi connectivity index (χ2n) is 5.35. The average molecular weight is 288 g/mol. The van der Waals surface area contributed by atoms with Crippen molar-refractivity contribution in [1.82, 2.24) is 20.3 Å². The van der Waals surface area contributed by atoms with Gasteiger partial charge in [0.2, 0.25) is 5.91 Å². The fourth-order valence-corrected chi connectivity index (χ4v) is 2.35. The van der Waals surface area contributed by atoms with Gasteiger partial charge in [-0.15, -0.1) is 5.10 Å². The molecule has 21 heavy (non-hydrogen) atoms. The molecule has 2 aromatic rings. The molecule has 0 radical (unpaired) electrons. The van der Waals surface area contributed by atoms with Crippen molar-refractivity contribution in [2.45, 2.75) is 58.5 Å². The standard InChI is InChI=1S/C16H24N4O/c1-2-3-4-5-6-7-12-16(21)17-13-20-15-11-9-8-10-14(15)18-19-20/h8-11H,2-7,12-13H2,1H3,(H,17,21). The Bertz CT molecular complexity index is 564. The summed E-state index contributed by atoms with van der Waals surface area (Å²) >= 11 is 0. The zero-order valence-electron chi connectivity index (χ0n) is 12.7. The normalized spacial score (nSPS) is 10.9. The van der Waals surface area contributed by atoms with Crippen LogP contribution in [0.15, 0.2) is 24.3 Å². The monoisotopic (exact) mass is 288 g/mol. The lowest BCUT2D eigenvalue weighted by Crippen LogP contribution is -2.26. The predicted molar refractivity (Wildman–Crippen MR) is 83.7 cm³/mol. The molecule has 0 bridgehead atoms. The van der Waals surface area contributed by atoms with E-state index in [4.69, 9.17) is 0 Å². The number of unbranched alkanes of at least 4 members (excludes halogenated alkanes) is 5. The fraction of sp³-hybridized carbons (Fsp3) is 0.562. The number of benzene rings is 1. The van der Waals surface area contributed by atoms with E-state index in [0.717, 1.165) is 23.9 Å². The summed E-state index contributed by atoms with van der Waals surface area (Å²) in [7, 11) is 0. The summed E-state index contributed by atoms with van der Waals surface area (Å²) in [6.45, 7) is 2.59. The Morgan fingerprint density at radius 3 is 2.76 bits per heavy atom. The molecule has 0 aliphatic carbocycles. The highest BCUT2D eigenvalue weighted by atomic mass is 16.1. The topological polar surface area (TPSA) is 59.8 Å². The summed E-state index contributed by atoms with van der Waals surface area (Å²) in [6, 6.07) is 7.74. The van der Waals surface area contributed by atoms with Gasteiger partial charge in [-0.1, -0.05) is 56.4 Å². The van der Waals surface area contributed by atoms with E-state index in [2.05, 4.69) is 22.6 Å². The minimum atomic E-state index is 0.0880. The van der Waals surface area contributed by atoms with Crippen molar-refractivity contribution < 1.29 is 4.79 Å². The first-order valence-corrected chi connectivity index (χ1v) is 7.86. The van der Waals surface area contributed by atoms with E-state index < -0.39 is 0 Å². The summed E-state index contributed by atoms with van der Waals surface area (Å²) in [5, 5.41) is 11.0. The van der Waals surface area contributed by atoms with Gasteiger partial charge < -0.3 is 5.32 Å². The summed E-state index contributed by atoms with van der Waals surface area (Å²) in [4.78, 5) is 11.8. The summed E-state index contributed by atoms with van der Waals surface area (Å²) in [5.41, 5.74) is 1.79. The van der Waals surface area contributed by atoms with E-state index in [0.29, 0.717) is 13.1 Å². The van der Waals surface area contributed by atoms with E-state index in [1.807, 2.05) is 24.3 Å². The van der Waals surface area contributed by atoms with Crippen LogP contribution in [0.3, 0.4) is 0 Å². The maximum Gasteiger partial charge on any atom is 0.221 e. The first kappa shape index (κ1) is 15.5. The number of carbonyl (C=O) groups excluding carboxylic acids is 1. The molecule has 0 aliphatic heterocycles. The number of nitrogens with zero attached hydrogens (tertiary/aromatic N) is 3. The maximum absolute atomic E-state index is 11.8. The van der Waals surface area contributed by atoms with Crippen LogP contribution in [-0.4, -0.2) is 20.9 Å². The number of aromatic nitrogens is 3. The minimum Gasteiger partial charge on any atom is -0.337 e. The predicted octanol–water partition coefficient (Wildman–Crippen LogP) is 3.26. The van der Waals surface area contributed by atoms with E-state index in [1.54, 1.807) is 4.68 Å². The molecular formula is C16H24N4O. The Labute approximate surface area is 125 Å². The SMILES string of the molecule is CCCCCCCCC(=O)NCn1nnc2ccccc21. The van der Waals surface area contributed by atoms with Gasteiger partial charge in [-0.05, 0) is 18.6 Å². The van der Waals surface area contributed by atoms with Crippen LogP contribution in [0.25, 0.3) is 11.0 Å². The highest BCUT2D eigenvalue weighted by Crippen LogP contribution is 2.09. The Balaban J connectivity index is 1.67. The van der Waals surface area contributed by atoms with Crippen LogP contribution in [0.2, 0.25) is 0 Å². The molecule has 1 aromatic carbocycles. The van der Waals surface area contributed by atoms with Crippen molar-refractivity contribution in [2.24, 2.45) is 0 Å². The highest BCUT2D eigenvalue weighted by molar-refractivity contribution is 5.76. The summed E-state index contributed by atoms with van der Waals surface area (Å²) in [6.07, 6.45) is 7.77. The van der Waals surface area contributed by atoms with Gasteiger partial charge in [0.05, 0.1) is 5.52 Å². The molecule has 0 atom stereocenters. The van der Waals surface area contributed by atoms with E-state index in [9.17, 15) is 4.79 Å². The van der Waals surface area contributed by atoms with Crippen LogP contribution in [0.4, 0.5) is 0 Å². The van der Waals surface area contributed by atoms with Gasteiger partial charge >= 0.3 is 0 Å². The van der Waals surface area contributed by atoms with Crippen LogP contribution < -0.4 is 5.32 Å². The first-order valence-electron chi connectivity index (χ1n) is 7.86. The summed E-state index contributed by atoms with van der Waals surface area (Å²) < 4.78 is 1.72. The lowest BCUT2D eigenvalue weighted by molar-refractivity contribution is -0.121. The zero-order valence-corrected chi connectivity index (χ0v) is 12.7. The average Bonchev–Trinajstić information content (AvgIpc) is 2.92. The smallest absolute Gasteiger partial charge is 0.221 e. The number of hydrogen-bond donors (Lipinski definition) is 1. The van der Waals surface area contributed by atoms with Gasteiger partial charge in [0.1, 0.15) is 12.2 Å². The van der Waals surface area contributed by atoms with Crippen molar-refractivity contribution in [2.75, 3.05) is 0 Å². The molecule has 0 aliphatic rings. The molecule has 1 aromatic heterocycles. The molecule has 0 saturated carbocycles. The molecular weight excluding hydrogens is 264 g/mol. The Hall–Kier alpha value is -1.91. The number of carbonyl (C=O) groups is 1. The number of nitrogens with one attached hydrogen (secondary N) is 1. The molecule has 1 heterocycles. The Morgan fingerprint density at radius 1 is 1.14 bits per heavy atom. The molecule has 0 unspecified atom stereocenters. The van der Waals surface area contributed by atoms with Crippen molar-refractivity contribution in [3.8, 4) is 0 Å². The molecule has 5 nitrogen and oxygen atoms in total. The van der Waals surface area contributed by atoms with Crippen molar-refractivity contribution >= 4 is 16.9 Å². The van der Waals surface area contributed by atoms with Gasteiger partial charge in [-0.2, -0.15) is 0 Å². The second kappa shape index (κ2) is 8.39. The molecule has 5 heteroatoms. The van der Waals surface area contributed by atoms with Crippen molar-refractivity contribution in [1.29, 1.82) is 0 Å². The van der Waals surface area contributed by atoms with Crippen molar-refractivity contribution in [3.05, 3.63) is 24.3 Å². The quantitative estimate of drug-likeness (QED) is 0.720. The molecule has 0 saturated heterocycles. The van der Waals surface area contributed by atoms with E-state index in [-0.39, 0.29) is 5.91 Å². The lowest BCUT2D eigenvalue weighted by atomic mass is 10.1. The third kappa shape index (κ3) is 4.85. The largest absolute Gasteiger partial charge is 0.337 e. The Kier molecular flexibility index (Phi) is 6.19. The number of amides is 1. The number of para-hydroxylation sites is 1. The Morgan fingerprint density at radius 2 is 1.90 bits per heavy atom. The molecule has 2 rings (SSSR count). The molecule has 1 amide bonds. The van der Waals surface area contributed by atoms with Gasteiger partial charge in [0.15, 0.2) is 0 Å². The van der Waals surface area contributed by atoms with Crippen LogP contribution in [0.5, 0.6) is 0 Å². The third-order valence-electron chi connectivity index (χ3n) is 3.60. The van der Waals surface area contributed by atoms with E-state index >= 15 is 0 Å². The van der Waals surface area contributed by atoms with Crippen LogP contribution in [0, 0.1) is 0 Å². The fourth-order valence-electron chi connectivity index (χ4n) is 2.35. The van der Waals surface area contributed by atoms with Crippen LogP contribution >= 0.6 is 0 Å². The first-order chi connectivity index (χ1) is 10.3. The van der Waals surface area contributed by atoms with Gasteiger partial charge in [-0.3, -0.25) is 4.79 Å². The van der Waals surface area contributed by atoms with Crippen molar-refractivity contribution in [3.63, 3.8) is 0 Å². The lowest BCUT2D eigenvalue weighted by Gasteiger charge is -2.05. The number of hydrogen-bond acceptors (Lipinski definition) is 3.